The van der Waals surface area contributed by atoms with Crippen molar-refractivity contribution in [2.75, 3.05) is 6.54 Å². The average molecular weight is 758 g/mol. The van der Waals surface area contributed by atoms with Gasteiger partial charge in [-0.25, -0.2) is 13.1 Å². The number of pyridine rings is 1. The van der Waals surface area contributed by atoms with Crippen molar-refractivity contribution in [2.24, 2.45) is 16.1 Å². The molecule has 13 nitrogen and oxygen atoms in total. The molecule has 1 aromatic carbocycles. The van der Waals surface area contributed by atoms with Crippen LogP contribution in [0.5, 0.6) is 5.88 Å². The van der Waals surface area contributed by atoms with E-state index in [9.17, 15) is 33.2 Å². The number of rotatable bonds is 24. The second kappa shape index (κ2) is 22.9. The summed E-state index contributed by atoms with van der Waals surface area (Å²) in [4.78, 5) is 37.1. The maximum absolute atomic E-state index is 13.1. The van der Waals surface area contributed by atoms with E-state index >= 15 is 0 Å². The quantitative estimate of drug-likeness (QED) is 0.0602. The molecule has 3 atom stereocenters. The molecule has 53 heavy (non-hydrogen) atoms. The van der Waals surface area contributed by atoms with Crippen molar-refractivity contribution in [3.05, 3.63) is 45.2 Å². The summed E-state index contributed by atoms with van der Waals surface area (Å²) in [6.07, 6.45) is 9.53. The molecule has 0 aliphatic carbocycles. The first-order valence-corrected chi connectivity index (χ1v) is 20.4. The van der Waals surface area contributed by atoms with Gasteiger partial charge in [-0.15, -0.1) is 5.11 Å². The predicted octanol–water partition coefficient (Wildman–Crippen LogP) is 8.35. The molecule has 3 unspecified atom stereocenters. The Kier molecular flexibility index (Phi) is 19.4. The molecular weight excluding hydrogens is 699 g/mol. The molecule has 0 amide bonds. The molecule has 1 heterocycles. The van der Waals surface area contributed by atoms with Gasteiger partial charge in [0, 0.05) is 31.5 Å². The summed E-state index contributed by atoms with van der Waals surface area (Å²) in [5.41, 5.74) is 0.196. The van der Waals surface area contributed by atoms with Crippen LogP contribution in [0.3, 0.4) is 0 Å². The Morgan fingerprint density at radius 1 is 0.925 bits per heavy atom. The number of hydrogen-bond acceptors (Lipinski definition) is 11. The lowest BCUT2D eigenvalue weighted by molar-refractivity contribution is -0.149. The van der Waals surface area contributed by atoms with Crippen LogP contribution in [-0.4, -0.2) is 48.8 Å². The molecule has 0 spiro atoms. The Balaban J connectivity index is 1.94. The number of azo groups is 1. The minimum atomic E-state index is -3.96. The maximum Gasteiger partial charge on any atom is 0.306 e. The van der Waals surface area contributed by atoms with Crippen LogP contribution in [0.4, 0.5) is 11.4 Å². The summed E-state index contributed by atoms with van der Waals surface area (Å²) in [6, 6.07) is 6.30. The van der Waals surface area contributed by atoms with E-state index in [0.717, 1.165) is 64.2 Å². The van der Waals surface area contributed by atoms with Gasteiger partial charge in [-0.2, -0.15) is 10.4 Å². The molecule has 0 radical (unpaired) electrons. The Hall–Kier alpha value is -4.09. The number of aryl methyl sites for hydroxylation is 1. The van der Waals surface area contributed by atoms with Crippen LogP contribution in [0.1, 0.15) is 135 Å². The molecule has 0 saturated carbocycles. The highest BCUT2D eigenvalue weighted by Gasteiger charge is 2.22. The summed E-state index contributed by atoms with van der Waals surface area (Å²) >= 11 is 0. The highest BCUT2D eigenvalue weighted by atomic mass is 32.2. The van der Waals surface area contributed by atoms with Gasteiger partial charge < -0.3 is 14.6 Å². The smallest absolute Gasteiger partial charge is 0.306 e. The Bertz CT molecular complexity index is 1750. The number of nitriles is 1. The number of benzene rings is 1. The number of hydrogen-bond donors (Lipinski definition) is 2. The Morgan fingerprint density at radius 2 is 1.53 bits per heavy atom. The third-order valence-electron chi connectivity index (χ3n) is 9.28. The number of esters is 2. The fraction of sp³-hybridized carbons (Fsp3) is 0.641. The van der Waals surface area contributed by atoms with Crippen LogP contribution in [0.25, 0.3) is 0 Å². The van der Waals surface area contributed by atoms with Crippen LogP contribution in [0, 0.1) is 31.1 Å². The van der Waals surface area contributed by atoms with Crippen molar-refractivity contribution in [2.45, 2.75) is 156 Å². The number of sulfonamides is 1. The van der Waals surface area contributed by atoms with Crippen molar-refractivity contribution < 1.29 is 32.6 Å². The molecule has 1 aromatic heterocycles. The van der Waals surface area contributed by atoms with E-state index in [1.807, 2.05) is 26.8 Å². The summed E-state index contributed by atoms with van der Waals surface area (Å²) in [6.45, 7) is 12.9. The number of ether oxygens (including phenoxy) is 2. The molecule has 0 fully saturated rings. The minimum absolute atomic E-state index is 0.000984. The molecule has 0 bridgehead atoms. The Labute approximate surface area is 315 Å². The first kappa shape index (κ1) is 45.1. The largest absolute Gasteiger partial charge is 0.493 e. The first-order valence-electron chi connectivity index (χ1n) is 19.0. The van der Waals surface area contributed by atoms with Gasteiger partial charge in [-0.05, 0) is 83.1 Å². The number of nitrogens with one attached hydrogen (secondary N) is 1. The van der Waals surface area contributed by atoms with Gasteiger partial charge in [0.25, 0.3) is 5.56 Å². The number of carbonyl (C=O) groups excluding carboxylic acids is 2. The van der Waals surface area contributed by atoms with E-state index in [-0.39, 0.29) is 65.1 Å². The zero-order valence-electron chi connectivity index (χ0n) is 32.6. The van der Waals surface area contributed by atoms with Crippen LogP contribution in [0.15, 0.2) is 38.1 Å². The summed E-state index contributed by atoms with van der Waals surface area (Å²) in [5, 5.41) is 29.2. The molecular formula is C39H59N5O8S. The van der Waals surface area contributed by atoms with Crippen LogP contribution < -0.4 is 10.3 Å². The predicted molar refractivity (Wildman–Crippen MR) is 204 cm³/mol. The molecule has 294 valence electrons. The van der Waals surface area contributed by atoms with Gasteiger partial charge >= 0.3 is 11.9 Å². The van der Waals surface area contributed by atoms with E-state index < -0.39 is 27.7 Å². The van der Waals surface area contributed by atoms with Crippen LogP contribution in [-0.2, 0) is 35.6 Å². The fourth-order valence-electron chi connectivity index (χ4n) is 5.75. The highest BCUT2D eigenvalue weighted by Crippen LogP contribution is 2.33. The maximum atomic E-state index is 13.1. The molecule has 2 aromatic rings. The van der Waals surface area contributed by atoms with Crippen molar-refractivity contribution in [3.63, 3.8) is 0 Å². The SMILES string of the molecule is CCCCC(CC)Cn1c(O)c(N=Nc2ccc(S(=O)(=O)NCC(C)OC(=O)CCCCCCCCC(=O)OC(C)CC)c(C)c2)c(C)c(C#N)c1=O. The fourth-order valence-corrected chi connectivity index (χ4v) is 7.09. The van der Waals surface area contributed by atoms with Gasteiger partial charge in [0.05, 0.1) is 16.7 Å². The normalized spacial score (nSPS) is 13.4. The zero-order valence-corrected chi connectivity index (χ0v) is 33.4. The summed E-state index contributed by atoms with van der Waals surface area (Å²) in [5.74, 6) is -0.785. The van der Waals surface area contributed by atoms with E-state index in [4.69, 9.17) is 9.47 Å². The van der Waals surface area contributed by atoms with E-state index in [0.29, 0.717) is 24.1 Å². The molecule has 14 heteroatoms. The van der Waals surface area contributed by atoms with Gasteiger partial charge in [-0.1, -0.05) is 65.7 Å². The van der Waals surface area contributed by atoms with E-state index in [2.05, 4.69) is 21.9 Å². The molecule has 2 rings (SSSR count). The number of aromatic hydroxyl groups is 1. The van der Waals surface area contributed by atoms with Gasteiger partial charge in [0.15, 0.2) is 5.69 Å². The highest BCUT2D eigenvalue weighted by molar-refractivity contribution is 7.89. The summed E-state index contributed by atoms with van der Waals surface area (Å²) in [7, 11) is -3.96. The summed E-state index contributed by atoms with van der Waals surface area (Å²) < 4.78 is 40.6. The zero-order chi connectivity index (χ0) is 39.6. The Morgan fingerprint density at radius 3 is 2.08 bits per heavy atom. The van der Waals surface area contributed by atoms with Crippen molar-refractivity contribution in [1.29, 1.82) is 5.26 Å². The van der Waals surface area contributed by atoms with Crippen LogP contribution in [0.2, 0.25) is 0 Å². The number of aromatic nitrogens is 1. The average Bonchev–Trinajstić information content (AvgIpc) is 3.11. The van der Waals surface area contributed by atoms with Crippen molar-refractivity contribution in [3.8, 4) is 11.9 Å². The number of unbranched alkanes of at least 4 members (excludes halogenated alkanes) is 6. The number of nitrogens with zero attached hydrogens (tertiary/aromatic N) is 4. The lowest BCUT2D eigenvalue weighted by Gasteiger charge is -2.19. The molecule has 2 N–H and O–H groups in total. The van der Waals surface area contributed by atoms with Crippen LogP contribution >= 0.6 is 0 Å². The third kappa shape index (κ3) is 14.7. The second-order valence-electron chi connectivity index (χ2n) is 13.7. The van der Waals surface area contributed by atoms with Crippen molar-refractivity contribution in [1.82, 2.24) is 9.29 Å². The van der Waals surface area contributed by atoms with Gasteiger partial charge in [0.1, 0.15) is 17.7 Å². The standard InChI is InChI=1S/C39H59N5O8S/c1-8-11-18-31(10-3)26-44-38(47)33(24-40)30(7)37(39(44)48)43-42-32-21-22-34(27(4)23-32)53(49,50)41-25-29(6)52-36(46)20-17-15-13-12-14-16-19-35(45)51-28(5)9-2/h21-23,28-29,31,41,48H,8-20,25-26H2,1-7H3. The van der Waals surface area contributed by atoms with Crippen molar-refractivity contribution >= 4 is 33.3 Å². The lowest BCUT2D eigenvalue weighted by atomic mass is 9.99. The topological polar surface area (TPSA) is 190 Å². The monoisotopic (exact) mass is 757 g/mol. The molecule has 0 saturated heterocycles. The van der Waals surface area contributed by atoms with E-state index in [1.165, 1.54) is 29.7 Å². The lowest BCUT2D eigenvalue weighted by Crippen LogP contribution is -2.33. The van der Waals surface area contributed by atoms with E-state index in [1.54, 1.807) is 13.8 Å². The third-order valence-corrected chi connectivity index (χ3v) is 10.9. The number of carbonyl (C=O) groups is 2. The van der Waals surface area contributed by atoms with Gasteiger partial charge in [-0.3, -0.25) is 19.0 Å². The molecule has 0 aliphatic rings. The second-order valence-corrected chi connectivity index (χ2v) is 15.5. The minimum Gasteiger partial charge on any atom is -0.493 e. The first-order chi connectivity index (χ1) is 25.2. The molecule has 0 aliphatic heterocycles. The van der Waals surface area contributed by atoms with Gasteiger partial charge in [0.2, 0.25) is 15.9 Å².